The van der Waals surface area contributed by atoms with Gasteiger partial charge in [-0.05, 0) is 30.6 Å². The Morgan fingerprint density at radius 1 is 1.00 bits per heavy atom. The monoisotopic (exact) mass is 182 g/mol. The topological polar surface area (TPSA) is 18.5 Å². The molecule has 2 aliphatic carbocycles. The molecule has 2 saturated carbocycles. The van der Waals surface area contributed by atoms with Gasteiger partial charge in [-0.2, -0.15) is 0 Å². The van der Waals surface area contributed by atoms with Gasteiger partial charge in [-0.3, -0.25) is 0 Å². The first-order valence-corrected chi connectivity index (χ1v) is 5.55. The lowest BCUT2D eigenvalue weighted by Gasteiger charge is -2.22. The van der Waals surface area contributed by atoms with Gasteiger partial charge in [0.05, 0.1) is 13.2 Å². The molecule has 0 radical (unpaired) electrons. The molecule has 1 spiro atoms. The molecule has 2 heteroatoms. The number of hydrogen-bond acceptors (Lipinski definition) is 2. The van der Waals surface area contributed by atoms with Gasteiger partial charge in [-0.1, -0.05) is 6.92 Å². The smallest absolute Gasteiger partial charge is 0.169 e. The van der Waals surface area contributed by atoms with Gasteiger partial charge >= 0.3 is 0 Å². The minimum atomic E-state index is -0.129. The third-order valence-corrected chi connectivity index (χ3v) is 4.04. The highest BCUT2D eigenvalue weighted by Gasteiger charge is 2.51. The van der Waals surface area contributed by atoms with Gasteiger partial charge < -0.3 is 9.47 Å². The zero-order chi connectivity index (χ0) is 8.89. The largest absolute Gasteiger partial charge is 0.348 e. The molecule has 0 bridgehead atoms. The van der Waals surface area contributed by atoms with Crippen molar-refractivity contribution in [3.63, 3.8) is 0 Å². The van der Waals surface area contributed by atoms with Gasteiger partial charge in [-0.25, -0.2) is 0 Å². The van der Waals surface area contributed by atoms with Crippen LogP contribution < -0.4 is 0 Å². The van der Waals surface area contributed by atoms with Crippen LogP contribution in [-0.4, -0.2) is 19.0 Å². The summed E-state index contributed by atoms with van der Waals surface area (Å²) < 4.78 is 11.5. The SMILES string of the molecule is CC1C[C@@H]2CC3(C[C@@H]2C1)OCCO3. The van der Waals surface area contributed by atoms with Crippen LogP contribution in [0.2, 0.25) is 0 Å². The first-order chi connectivity index (χ1) is 6.27. The molecule has 3 aliphatic rings. The quantitative estimate of drug-likeness (QED) is 0.571. The Balaban J connectivity index is 1.73. The highest BCUT2D eigenvalue weighted by Crippen LogP contribution is 2.53. The van der Waals surface area contributed by atoms with Gasteiger partial charge in [0.15, 0.2) is 5.79 Å². The molecule has 3 atom stereocenters. The number of fused-ring (bicyclic) bond motifs is 1. The van der Waals surface area contributed by atoms with E-state index < -0.39 is 0 Å². The summed E-state index contributed by atoms with van der Waals surface area (Å²) in [6.45, 7) is 4.01. The average Bonchev–Trinajstić information content (AvgIpc) is 2.67. The Bertz CT molecular complexity index is 192. The van der Waals surface area contributed by atoms with Crippen LogP contribution in [0.4, 0.5) is 0 Å². The van der Waals surface area contributed by atoms with Crippen LogP contribution in [0.1, 0.15) is 32.6 Å². The van der Waals surface area contributed by atoms with Crippen molar-refractivity contribution in [3.05, 3.63) is 0 Å². The zero-order valence-electron chi connectivity index (χ0n) is 8.29. The van der Waals surface area contributed by atoms with Crippen molar-refractivity contribution >= 4 is 0 Å². The van der Waals surface area contributed by atoms with E-state index >= 15 is 0 Å². The van der Waals surface area contributed by atoms with E-state index in [1.54, 1.807) is 0 Å². The van der Waals surface area contributed by atoms with E-state index in [1.165, 1.54) is 25.7 Å². The number of ether oxygens (including phenoxy) is 2. The summed E-state index contributed by atoms with van der Waals surface area (Å²) in [5.41, 5.74) is 0. The van der Waals surface area contributed by atoms with Gasteiger partial charge in [0.1, 0.15) is 0 Å². The van der Waals surface area contributed by atoms with Crippen LogP contribution in [0.5, 0.6) is 0 Å². The lowest BCUT2D eigenvalue weighted by molar-refractivity contribution is -0.155. The molecular formula is C11H18O2. The first-order valence-electron chi connectivity index (χ1n) is 5.55. The molecule has 0 aromatic carbocycles. The summed E-state index contributed by atoms with van der Waals surface area (Å²) in [5, 5.41) is 0. The predicted molar refractivity (Wildman–Crippen MR) is 49.2 cm³/mol. The second-order valence-electron chi connectivity index (χ2n) is 5.11. The average molecular weight is 182 g/mol. The van der Waals surface area contributed by atoms with E-state index in [0.717, 1.165) is 31.0 Å². The summed E-state index contributed by atoms with van der Waals surface area (Å²) in [6.07, 6.45) is 5.14. The predicted octanol–water partition coefficient (Wildman–Crippen LogP) is 2.19. The lowest BCUT2D eigenvalue weighted by Crippen LogP contribution is -2.27. The van der Waals surface area contributed by atoms with Crippen molar-refractivity contribution in [3.8, 4) is 0 Å². The van der Waals surface area contributed by atoms with Crippen molar-refractivity contribution < 1.29 is 9.47 Å². The molecule has 2 nitrogen and oxygen atoms in total. The molecule has 1 unspecified atom stereocenters. The fourth-order valence-corrected chi connectivity index (χ4v) is 3.63. The molecule has 3 fully saturated rings. The van der Waals surface area contributed by atoms with Crippen molar-refractivity contribution in [2.24, 2.45) is 17.8 Å². The fourth-order valence-electron chi connectivity index (χ4n) is 3.63. The number of rotatable bonds is 0. The van der Waals surface area contributed by atoms with Gasteiger partial charge in [0, 0.05) is 12.8 Å². The van der Waals surface area contributed by atoms with E-state index in [2.05, 4.69) is 6.92 Å². The third kappa shape index (κ3) is 1.23. The maximum Gasteiger partial charge on any atom is 0.169 e. The molecular weight excluding hydrogens is 164 g/mol. The summed E-state index contributed by atoms with van der Waals surface area (Å²) in [4.78, 5) is 0. The lowest BCUT2D eigenvalue weighted by atomic mass is 10.0. The molecule has 0 aromatic heterocycles. The highest BCUT2D eigenvalue weighted by atomic mass is 16.7. The summed E-state index contributed by atoms with van der Waals surface area (Å²) in [6, 6.07) is 0. The molecule has 1 aliphatic heterocycles. The minimum Gasteiger partial charge on any atom is -0.348 e. The molecule has 13 heavy (non-hydrogen) atoms. The van der Waals surface area contributed by atoms with Crippen molar-refractivity contribution in [2.45, 2.75) is 38.4 Å². The van der Waals surface area contributed by atoms with Gasteiger partial charge in [0.25, 0.3) is 0 Å². The van der Waals surface area contributed by atoms with Crippen LogP contribution in [0.15, 0.2) is 0 Å². The molecule has 0 amide bonds. The zero-order valence-corrected chi connectivity index (χ0v) is 8.29. The minimum absolute atomic E-state index is 0.129. The van der Waals surface area contributed by atoms with Crippen LogP contribution >= 0.6 is 0 Å². The van der Waals surface area contributed by atoms with Crippen LogP contribution in [-0.2, 0) is 9.47 Å². The molecule has 0 aromatic rings. The Labute approximate surface area is 79.6 Å². The molecule has 1 saturated heterocycles. The highest BCUT2D eigenvalue weighted by molar-refractivity contribution is 4.96. The van der Waals surface area contributed by atoms with E-state index in [0.29, 0.717) is 0 Å². The Morgan fingerprint density at radius 2 is 1.54 bits per heavy atom. The fraction of sp³-hybridized carbons (Fsp3) is 1.00. The van der Waals surface area contributed by atoms with E-state index in [9.17, 15) is 0 Å². The van der Waals surface area contributed by atoms with Crippen molar-refractivity contribution in [1.29, 1.82) is 0 Å². The second kappa shape index (κ2) is 2.71. The van der Waals surface area contributed by atoms with Crippen LogP contribution in [0.25, 0.3) is 0 Å². The Morgan fingerprint density at radius 3 is 2.08 bits per heavy atom. The van der Waals surface area contributed by atoms with Crippen LogP contribution in [0, 0.1) is 17.8 Å². The Hall–Kier alpha value is -0.0800. The maximum atomic E-state index is 5.75. The Kier molecular flexibility index (Phi) is 1.72. The number of hydrogen-bond donors (Lipinski definition) is 0. The molecule has 1 heterocycles. The summed E-state index contributed by atoms with van der Waals surface area (Å²) in [7, 11) is 0. The molecule has 0 N–H and O–H groups in total. The molecule has 74 valence electrons. The first kappa shape index (κ1) is 8.25. The van der Waals surface area contributed by atoms with E-state index in [1.807, 2.05) is 0 Å². The molecule has 3 rings (SSSR count). The van der Waals surface area contributed by atoms with E-state index in [4.69, 9.17) is 9.47 Å². The second-order valence-corrected chi connectivity index (χ2v) is 5.11. The van der Waals surface area contributed by atoms with E-state index in [-0.39, 0.29) is 5.79 Å². The van der Waals surface area contributed by atoms with Gasteiger partial charge in [-0.15, -0.1) is 0 Å². The van der Waals surface area contributed by atoms with Crippen molar-refractivity contribution in [2.75, 3.05) is 13.2 Å². The normalized spacial score (nSPS) is 47.3. The standard InChI is InChI=1S/C11H18O2/c1-8-4-9-6-11(7-10(9)5-8)12-2-3-13-11/h8-10H,2-7H2,1H3/t8?,9-,10+. The summed E-state index contributed by atoms with van der Waals surface area (Å²) >= 11 is 0. The third-order valence-electron chi connectivity index (χ3n) is 4.04. The van der Waals surface area contributed by atoms with Crippen molar-refractivity contribution in [1.82, 2.24) is 0 Å². The summed E-state index contributed by atoms with van der Waals surface area (Å²) in [5.74, 6) is 2.60. The van der Waals surface area contributed by atoms with Gasteiger partial charge in [0.2, 0.25) is 0 Å². The van der Waals surface area contributed by atoms with Crippen LogP contribution in [0.3, 0.4) is 0 Å². The maximum absolute atomic E-state index is 5.75.